The average molecular weight is 256 g/mol. The van der Waals surface area contributed by atoms with E-state index in [4.69, 9.17) is 9.47 Å². The lowest BCUT2D eigenvalue weighted by Crippen LogP contribution is -2.31. The summed E-state index contributed by atoms with van der Waals surface area (Å²) in [4.78, 5) is 1.09. The van der Waals surface area contributed by atoms with Gasteiger partial charge in [0.1, 0.15) is 18.0 Å². The molecule has 3 unspecified atom stereocenters. The monoisotopic (exact) mass is 256 g/mol. The van der Waals surface area contributed by atoms with Crippen LogP contribution in [0.4, 0.5) is 0 Å². The lowest BCUT2D eigenvalue weighted by Gasteiger charge is -2.14. The van der Waals surface area contributed by atoms with E-state index in [1.807, 2.05) is 24.3 Å². The zero-order chi connectivity index (χ0) is 12.3. The fraction of sp³-hybridized carbons (Fsp3) is 0.500. The number of aliphatic hydroxyl groups excluding tert-OH is 2. The van der Waals surface area contributed by atoms with E-state index >= 15 is 0 Å². The molecule has 94 valence electrons. The Kier molecular flexibility index (Phi) is 4.28. The molecule has 1 saturated heterocycles. The molecular formula is C12H16O4S. The molecule has 0 radical (unpaired) electrons. The maximum Gasteiger partial charge on any atom is 0.118 e. The quantitative estimate of drug-likeness (QED) is 0.784. The summed E-state index contributed by atoms with van der Waals surface area (Å²) in [6.45, 7) is 0.217. The van der Waals surface area contributed by atoms with Gasteiger partial charge in [-0.05, 0) is 24.3 Å². The number of aliphatic hydroxyl groups is 2. The topological polar surface area (TPSA) is 58.9 Å². The number of thioether (sulfide) groups is 1. The molecular weight excluding hydrogens is 240 g/mol. The molecule has 0 aromatic heterocycles. The Bertz CT molecular complexity index is 354. The number of ether oxygens (including phenoxy) is 2. The summed E-state index contributed by atoms with van der Waals surface area (Å²) < 4.78 is 10.4. The molecule has 4 nitrogen and oxygen atoms in total. The third-order valence-corrected chi connectivity index (χ3v) is 3.83. The van der Waals surface area contributed by atoms with E-state index in [0.29, 0.717) is 5.75 Å². The van der Waals surface area contributed by atoms with Crippen molar-refractivity contribution in [3.8, 4) is 5.75 Å². The Balaban J connectivity index is 1.85. The highest BCUT2D eigenvalue weighted by atomic mass is 32.2. The first kappa shape index (κ1) is 12.7. The van der Waals surface area contributed by atoms with Gasteiger partial charge in [0.05, 0.1) is 19.8 Å². The van der Waals surface area contributed by atoms with Crippen LogP contribution in [0.1, 0.15) is 0 Å². The summed E-state index contributed by atoms with van der Waals surface area (Å²) in [5.74, 6) is 1.45. The van der Waals surface area contributed by atoms with Crippen LogP contribution in [-0.4, -0.2) is 48.0 Å². The van der Waals surface area contributed by atoms with E-state index < -0.39 is 12.2 Å². The van der Waals surface area contributed by atoms with Crippen LogP contribution < -0.4 is 4.74 Å². The first-order chi connectivity index (χ1) is 8.20. The van der Waals surface area contributed by atoms with E-state index in [9.17, 15) is 10.2 Å². The summed E-state index contributed by atoms with van der Waals surface area (Å²) in [6.07, 6.45) is -1.82. The Labute approximate surface area is 105 Å². The lowest BCUT2D eigenvalue weighted by atomic mass is 10.2. The molecule has 3 atom stereocenters. The highest BCUT2D eigenvalue weighted by Crippen LogP contribution is 2.25. The molecule has 0 amide bonds. The maximum absolute atomic E-state index is 9.61. The van der Waals surface area contributed by atoms with Gasteiger partial charge in [-0.3, -0.25) is 0 Å². The zero-order valence-corrected chi connectivity index (χ0v) is 10.4. The van der Waals surface area contributed by atoms with Crippen molar-refractivity contribution in [1.82, 2.24) is 0 Å². The summed E-state index contributed by atoms with van der Waals surface area (Å²) in [6, 6.07) is 7.70. The zero-order valence-electron chi connectivity index (χ0n) is 9.57. The molecule has 2 N–H and O–H groups in total. The van der Waals surface area contributed by atoms with Crippen molar-refractivity contribution in [3.63, 3.8) is 0 Å². The minimum Gasteiger partial charge on any atom is -0.497 e. The minimum absolute atomic E-state index is 0.217. The molecule has 17 heavy (non-hydrogen) atoms. The molecule has 1 aromatic carbocycles. The standard InChI is InChI=1S/C12H16O4S/c1-15-8-2-4-9(5-3-8)17-7-11-12(14)10(13)6-16-11/h2-5,10-14H,6-7H2,1H3. The summed E-state index contributed by atoms with van der Waals surface area (Å²) in [7, 11) is 1.63. The van der Waals surface area contributed by atoms with Gasteiger partial charge in [-0.25, -0.2) is 0 Å². The van der Waals surface area contributed by atoms with Gasteiger partial charge in [0.15, 0.2) is 0 Å². The van der Waals surface area contributed by atoms with Crippen LogP contribution in [0, 0.1) is 0 Å². The number of methoxy groups -OCH3 is 1. The molecule has 1 fully saturated rings. The van der Waals surface area contributed by atoms with E-state index in [1.165, 1.54) is 0 Å². The van der Waals surface area contributed by atoms with Crippen LogP contribution in [0.2, 0.25) is 0 Å². The molecule has 2 rings (SSSR count). The van der Waals surface area contributed by atoms with Crippen LogP contribution in [0.3, 0.4) is 0 Å². The van der Waals surface area contributed by atoms with Gasteiger partial charge in [0, 0.05) is 10.6 Å². The van der Waals surface area contributed by atoms with Gasteiger partial charge in [0.25, 0.3) is 0 Å². The van der Waals surface area contributed by atoms with Crippen LogP contribution >= 0.6 is 11.8 Å². The largest absolute Gasteiger partial charge is 0.497 e. The molecule has 1 aliphatic heterocycles. The van der Waals surface area contributed by atoms with Crippen molar-refractivity contribution in [3.05, 3.63) is 24.3 Å². The Morgan fingerprint density at radius 1 is 1.35 bits per heavy atom. The first-order valence-electron chi connectivity index (χ1n) is 5.45. The second-order valence-electron chi connectivity index (χ2n) is 3.92. The van der Waals surface area contributed by atoms with E-state index in [0.717, 1.165) is 10.6 Å². The summed E-state index contributed by atoms with van der Waals surface area (Å²) in [5, 5.41) is 18.9. The molecule has 1 aromatic rings. The third kappa shape index (κ3) is 3.13. The second-order valence-corrected chi connectivity index (χ2v) is 5.01. The number of hydrogen-bond donors (Lipinski definition) is 2. The van der Waals surface area contributed by atoms with Crippen molar-refractivity contribution in [2.24, 2.45) is 0 Å². The maximum atomic E-state index is 9.61. The Morgan fingerprint density at radius 2 is 2.06 bits per heavy atom. The van der Waals surface area contributed by atoms with E-state index in [1.54, 1.807) is 18.9 Å². The molecule has 0 aliphatic carbocycles. The molecule has 1 heterocycles. The van der Waals surface area contributed by atoms with Crippen molar-refractivity contribution in [2.45, 2.75) is 23.2 Å². The Hall–Kier alpha value is -0.750. The number of rotatable bonds is 4. The summed E-state index contributed by atoms with van der Waals surface area (Å²) in [5.41, 5.74) is 0. The normalized spacial score (nSPS) is 28.3. The predicted octanol–water partition coefficient (Wildman–Crippen LogP) is 0.908. The fourth-order valence-electron chi connectivity index (χ4n) is 1.66. The third-order valence-electron chi connectivity index (χ3n) is 2.73. The highest BCUT2D eigenvalue weighted by molar-refractivity contribution is 7.99. The molecule has 5 heteroatoms. The molecule has 0 saturated carbocycles. The van der Waals surface area contributed by atoms with Crippen LogP contribution in [-0.2, 0) is 4.74 Å². The van der Waals surface area contributed by atoms with Gasteiger partial charge >= 0.3 is 0 Å². The predicted molar refractivity (Wildman–Crippen MR) is 65.5 cm³/mol. The van der Waals surface area contributed by atoms with Crippen LogP contribution in [0.5, 0.6) is 5.75 Å². The molecule has 0 spiro atoms. The van der Waals surface area contributed by atoms with Crippen LogP contribution in [0.15, 0.2) is 29.2 Å². The average Bonchev–Trinajstić information content (AvgIpc) is 2.68. The second kappa shape index (κ2) is 5.73. The number of hydrogen-bond acceptors (Lipinski definition) is 5. The van der Waals surface area contributed by atoms with E-state index in [-0.39, 0.29) is 12.7 Å². The van der Waals surface area contributed by atoms with Gasteiger partial charge in [-0.2, -0.15) is 0 Å². The van der Waals surface area contributed by atoms with Crippen molar-refractivity contribution in [2.75, 3.05) is 19.5 Å². The molecule has 0 bridgehead atoms. The lowest BCUT2D eigenvalue weighted by molar-refractivity contribution is 0.0337. The van der Waals surface area contributed by atoms with Crippen molar-refractivity contribution < 1.29 is 19.7 Å². The summed E-state index contributed by atoms with van der Waals surface area (Å²) >= 11 is 1.59. The number of benzene rings is 1. The first-order valence-corrected chi connectivity index (χ1v) is 6.44. The molecule has 1 aliphatic rings. The van der Waals surface area contributed by atoms with Crippen molar-refractivity contribution >= 4 is 11.8 Å². The van der Waals surface area contributed by atoms with Gasteiger partial charge < -0.3 is 19.7 Å². The smallest absolute Gasteiger partial charge is 0.118 e. The van der Waals surface area contributed by atoms with Gasteiger partial charge in [-0.1, -0.05) is 0 Å². The van der Waals surface area contributed by atoms with E-state index in [2.05, 4.69) is 0 Å². The van der Waals surface area contributed by atoms with Gasteiger partial charge in [-0.15, -0.1) is 11.8 Å². The van der Waals surface area contributed by atoms with Crippen LogP contribution in [0.25, 0.3) is 0 Å². The Morgan fingerprint density at radius 3 is 2.59 bits per heavy atom. The minimum atomic E-state index is -0.777. The highest BCUT2D eigenvalue weighted by Gasteiger charge is 2.34. The fourth-order valence-corrected chi connectivity index (χ4v) is 2.64. The van der Waals surface area contributed by atoms with Crippen molar-refractivity contribution in [1.29, 1.82) is 0 Å². The SMILES string of the molecule is COc1ccc(SCC2OCC(O)C2O)cc1. The van der Waals surface area contributed by atoms with Gasteiger partial charge in [0.2, 0.25) is 0 Å².